The highest BCUT2D eigenvalue weighted by Crippen LogP contribution is 2.50. The smallest absolute Gasteiger partial charge is 0.121 e. The summed E-state index contributed by atoms with van der Waals surface area (Å²) < 4.78 is 5.29. The van der Waals surface area contributed by atoms with Crippen molar-refractivity contribution in [3.63, 3.8) is 0 Å². The van der Waals surface area contributed by atoms with E-state index < -0.39 is 0 Å². The quantitative estimate of drug-likeness (QED) is 0.716. The lowest BCUT2D eigenvalue weighted by molar-refractivity contribution is 0.411. The van der Waals surface area contributed by atoms with Gasteiger partial charge in [0.2, 0.25) is 0 Å². The van der Waals surface area contributed by atoms with Crippen LogP contribution in [0.3, 0.4) is 0 Å². The molecule has 16 heavy (non-hydrogen) atoms. The Balaban J connectivity index is 1.99. The van der Waals surface area contributed by atoms with Crippen molar-refractivity contribution in [1.29, 1.82) is 0 Å². The number of hydrogen-bond acceptors (Lipinski definition) is 1. The predicted octanol–water partition coefficient (Wildman–Crippen LogP) is 4.30. The molecule has 0 radical (unpaired) electrons. The number of ether oxygens (including phenoxy) is 1. The molecule has 1 aliphatic rings. The second-order valence-corrected chi connectivity index (χ2v) is 4.97. The molecule has 0 heterocycles. The van der Waals surface area contributed by atoms with Gasteiger partial charge in [-0.3, -0.25) is 0 Å². The zero-order valence-corrected chi connectivity index (χ0v) is 10.6. The highest BCUT2D eigenvalue weighted by atomic mass is 16.5. The first kappa shape index (κ1) is 11.5. The molecular formula is C15H22O. The molecule has 88 valence electrons. The third-order valence-corrected chi connectivity index (χ3v) is 3.70. The van der Waals surface area contributed by atoms with Gasteiger partial charge in [-0.2, -0.15) is 0 Å². The molecule has 1 saturated carbocycles. The summed E-state index contributed by atoms with van der Waals surface area (Å²) in [7, 11) is 1.74. The molecule has 1 aromatic carbocycles. The molecule has 1 aromatic rings. The van der Waals surface area contributed by atoms with Crippen LogP contribution in [0, 0.1) is 12.8 Å². The number of hydrogen-bond donors (Lipinski definition) is 0. The van der Waals surface area contributed by atoms with E-state index in [0.29, 0.717) is 0 Å². The van der Waals surface area contributed by atoms with Gasteiger partial charge in [0.05, 0.1) is 7.11 Å². The Morgan fingerprint density at radius 3 is 2.81 bits per heavy atom. The highest BCUT2D eigenvalue weighted by Gasteiger charge is 2.37. The highest BCUT2D eigenvalue weighted by molar-refractivity contribution is 5.39. The largest absolute Gasteiger partial charge is 0.496 e. The molecule has 1 nitrogen and oxygen atoms in total. The van der Waals surface area contributed by atoms with E-state index in [4.69, 9.17) is 4.74 Å². The van der Waals surface area contributed by atoms with Crippen molar-refractivity contribution in [2.75, 3.05) is 7.11 Å². The number of benzene rings is 1. The maximum absolute atomic E-state index is 5.29. The minimum atomic E-state index is 0.830. The number of unbranched alkanes of at least 4 members (excludes halogenated alkanes) is 1. The molecule has 2 rings (SSSR count). The molecule has 2 atom stereocenters. The van der Waals surface area contributed by atoms with Crippen LogP contribution in [0.2, 0.25) is 0 Å². The Morgan fingerprint density at radius 2 is 2.19 bits per heavy atom. The van der Waals surface area contributed by atoms with Crippen molar-refractivity contribution in [3.8, 4) is 5.75 Å². The normalized spacial score (nSPS) is 23.2. The summed E-state index contributed by atoms with van der Waals surface area (Å²) in [5.74, 6) is 2.79. The van der Waals surface area contributed by atoms with Crippen LogP contribution in [0.4, 0.5) is 0 Å². The van der Waals surface area contributed by atoms with Gasteiger partial charge >= 0.3 is 0 Å². The van der Waals surface area contributed by atoms with Gasteiger partial charge in [0, 0.05) is 0 Å². The maximum atomic E-state index is 5.29. The third-order valence-electron chi connectivity index (χ3n) is 3.70. The van der Waals surface area contributed by atoms with Crippen LogP contribution in [-0.2, 0) is 0 Å². The molecule has 0 aromatic heterocycles. The summed E-state index contributed by atoms with van der Waals surface area (Å²) >= 11 is 0. The monoisotopic (exact) mass is 218 g/mol. The zero-order chi connectivity index (χ0) is 11.5. The first-order valence-corrected chi connectivity index (χ1v) is 6.40. The first-order valence-electron chi connectivity index (χ1n) is 6.40. The average molecular weight is 218 g/mol. The van der Waals surface area contributed by atoms with Crippen molar-refractivity contribution >= 4 is 0 Å². The van der Waals surface area contributed by atoms with E-state index in [1.54, 1.807) is 7.11 Å². The van der Waals surface area contributed by atoms with Gasteiger partial charge in [-0.1, -0.05) is 31.9 Å². The number of aryl methyl sites for hydroxylation is 1. The van der Waals surface area contributed by atoms with E-state index in [0.717, 1.165) is 17.6 Å². The molecule has 1 aliphatic carbocycles. The minimum absolute atomic E-state index is 0.830. The van der Waals surface area contributed by atoms with Crippen LogP contribution in [0.15, 0.2) is 18.2 Å². The fourth-order valence-electron chi connectivity index (χ4n) is 2.57. The van der Waals surface area contributed by atoms with Crippen LogP contribution in [0.5, 0.6) is 5.75 Å². The van der Waals surface area contributed by atoms with E-state index in [1.807, 2.05) is 0 Å². The minimum Gasteiger partial charge on any atom is -0.496 e. The van der Waals surface area contributed by atoms with Gasteiger partial charge in [0.25, 0.3) is 0 Å². The van der Waals surface area contributed by atoms with Crippen LogP contribution >= 0.6 is 0 Å². The molecule has 2 unspecified atom stereocenters. The lowest BCUT2D eigenvalue weighted by Gasteiger charge is -2.07. The van der Waals surface area contributed by atoms with Gasteiger partial charge < -0.3 is 4.74 Å². The Hall–Kier alpha value is -0.980. The van der Waals surface area contributed by atoms with Crippen LogP contribution in [-0.4, -0.2) is 7.11 Å². The Labute approximate surface area is 98.8 Å². The van der Waals surface area contributed by atoms with Crippen LogP contribution in [0.25, 0.3) is 0 Å². The van der Waals surface area contributed by atoms with Gasteiger partial charge in [0.1, 0.15) is 5.75 Å². The Bertz CT molecular complexity index is 356. The summed E-state index contributed by atoms with van der Waals surface area (Å²) in [6.45, 7) is 4.40. The second kappa shape index (κ2) is 4.90. The fourth-order valence-corrected chi connectivity index (χ4v) is 2.57. The van der Waals surface area contributed by atoms with Crippen LogP contribution < -0.4 is 4.74 Å². The van der Waals surface area contributed by atoms with E-state index in [9.17, 15) is 0 Å². The van der Waals surface area contributed by atoms with Crippen molar-refractivity contribution in [1.82, 2.24) is 0 Å². The SMILES string of the molecule is CCCCC1CC1c1ccc(OC)c(C)c1. The van der Waals surface area contributed by atoms with Gasteiger partial charge in [-0.25, -0.2) is 0 Å². The summed E-state index contributed by atoms with van der Waals surface area (Å²) in [6, 6.07) is 6.65. The zero-order valence-electron chi connectivity index (χ0n) is 10.6. The average Bonchev–Trinajstić information content (AvgIpc) is 3.05. The molecule has 1 fully saturated rings. The summed E-state index contributed by atoms with van der Waals surface area (Å²) in [6.07, 6.45) is 5.51. The van der Waals surface area contributed by atoms with E-state index in [2.05, 4.69) is 32.0 Å². The standard InChI is InChI=1S/C15H22O/c1-4-5-6-12-10-14(12)13-7-8-15(16-3)11(2)9-13/h7-9,12,14H,4-6,10H2,1-3H3. The molecular weight excluding hydrogens is 196 g/mol. The Morgan fingerprint density at radius 1 is 1.38 bits per heavy atom. The topological polar surface area (TPSA) is 9.23 Å². The molecule has 0 aliphatic heterocycles. The van der Waals surface area contributed by atoms with Gasteiger partial charge in [-0.05, 0) is 48.8 Å². The predicted molar refractivity (Wildman–Crippen MR) is 68.1 cm³/mol. The lowest BCUT2D eigenvalue weighted by atomic mass is 10.0. The summed E-state index contributed by atoms with van der Waals surface area (Å²) in [5.41, 5.74) is 2.78. The van der Waals surface area contributed by atoms with Crippen molar-refractivity contribution in [2.45, 2.75) is 45.4 Å². The second-order valence-electron chi connectivity index (χ2n) is 4.97. The molecule has 0 saturated heterocycles. The summed E-state index contributed by atoms with van der Waals surface area (Å²) in [4.78, 5) is 0. The van der Waals surface area contributed by atoms with Crippen molar-refractivity contribution < 1.29 is 4.74 Å². The van der Waals surface area contributed by atoms with Crippen LogP contribution in [0.1, 0.15) is 49.7 Å². The number of methoxy groups -OCH3 is 1. The third kappa shape index (κ3) is 2.40. The number of rotatable bonds is 5. The lowest BCUT2D eigenvalue weighted by Crippen LogP contribution is -1.90. The first-order chi connectivity index (χ1) is 7.76. The fraction of sp³-hybridized carbons (Fsp3) is 0.600. The maximum Gasteiger partial charge on any atom is 0.121 e. The molecule has 0 spiro atoms. The molecule has 0 N–H and O–H groups in total. The van der Waals surface area contributed by atoms with E-state index in [-0.39, 0.29) is 0 Å². The Kier molecular flexibility index (Phi) is 3.52. The van der Waals surface area contributed by atoms with Crippen molar-refractivity contribution in [2.24, 2.45) is 5.92 Å². The van der Waals surface area contributed by atoms with E-state index >= 15 is 0 Å². The van der Waals surface area contributed by atoms with Crippen molar-refractivity contribution in [3.05, 3.63) is 29.3 Å². The summed E-state index contributed by atoms with van der Waals surface area (Å²) in [5, 5.41) is 0. The molecule has 1 heteroatoms. The van der Waals surface area contributed by atoms with E-state index in [1.165, 1.54) is 36.8 Å². The van der Waals surface area contributed by atoms with Gasteiger partial charge in [-0.15, -0.1) is 0 Å². The van der Waals surface area contributed by atoms with Gasteiger partial charge in [0.15, 0.2) is 0 Å². The molecule has 0 amide bonds. The molecule has 0 bridgehead atoms.